The second-order valence-electron chi connectivity index (χ2n) is 6.14. The van der Waals surface area contributed by atoms with E-state index in [2.05, 4.69) is 0 Å². The number of rotatable bonds is 3. The average Bonchev–Trinajstić information content (AvgIpc) is 2.93. The molecular formula is C18H13F4NO3S2. The molecule has 0 unspecified atom stereocenters. The lowest BCUT2D eigenvalue weighted by atomic mass is 10.1. The summed E-state index contributed by atoms with van der Waals surface area (Å²) in [4.78, 5) is 11.3. The van der Waals surface area contributed by atoms with E-state index in [0.717, 1.165) is 46.4 Å². The van der Waals surface area contributed by atoms with E-state index >= 15 is 0 Å². The first kappa shape index (κ1) is 20.3. The third kappa shape index (κ3) is 3.74. The van der Waals surface area contributed by atoms with E-state index < -0.39 is 37.2 Å². The zero-order valence-electron chi connectivity index (χ0n) is 14.5. The van der Waals surface area contributed by atoms with Crippen LogP contribution >= 0.6 is 11.3 Å². The maximum Gasteiger partial charge on any atom is 0.416 e. The van der Waals surface area contributed by atoms with Crippen LogP contribution in [0.3, 0.4) is 0 Å². The first-order valence-electron chi connectivity index (χ1n) is 7.78. The molecule has 0 amide bonds. The highest BCUT2D eigenvalue weighted by Crippen LogP contribution is 2.33. The number of sulfone groups is 1. The van der Waals surface area contributed by atoms with Crippen LogP contribution in [0.5, 0.6) is 0 Å². The predicted molar refractivity (Wildman–Crippen MR) is 98.2 cm³/mol. The molecule has 0 spiro atoms. The second kappa shape index (κ2) is 6.85. The number of benzene rings is 2. The third-order valence-corrected chi connectivity index (χ3v) is 5.95. The Morgan fingerprint density at radius 1 is 1.07 bits per heavy atom. The van der Waals surface area contributed by atoms with Gasteiger partial charge in [-0.05, 0) is 42.8 Å². The standard InChI is InChI=1S/C18H13F4NO3S2/c1-10-7-12(4-5-13(10)18(20,21)22)23-15(9-27-17(23)24)11-3-6-16(14(19)8-11)28(2,25)26/h3-9H,1-2H3. The molecule has 3 aromatic rings. The molecule has 28 heavy (non-hydrogen) atoms. The van der Waals surface area contributed by atoms with E-state index in [1.807, 2.05) is 0 Å². The van der Waals surface area contributed by atoms with Gasteiger partial charge in [0.05, 0.1) is 16.9 Å². The van der Waals surface area contributed by atoms with Gasteiger partial charge in [-0.15, -0.1) is 0 Å². The van der Waals surface area contributed by atoms with Gasteiger partial charge in [-0.3, -0.25) is 9.36 Å². The maximum absolute atomic E-state index is 14.2. The van der Waals surface area contributed by atoms with Crippen LogP contribution < -0.4 is 4.87 Å². The highest BCUT2D eigenvalue weighted by atomic mass is 32.2. The van der Waals surface area contributed by atoms with Crippen LogP contribution in [-0.4, -0.2) is 19.2 Å². The van der Waals surface area contributed by atoms with Gasteiger partial charge in [0.2, 0.25) is 0 Å². The number of aryl methyl sites for hydroxylation is 1. The minimum atomic E-state index is -4.52. The summed E-state index contributed by atoms with van der Waals surface area (Å²) in [6, 6.07) is 6.67. The number of alkyl halides is 3. The van der Waals surface area contributed by atoms with E-state index in [4.69, 9.17) is 0 Å². The van der Waals surface area contributed by atoms with E-state index in [9.17, 15) is 30.8 Å². The topological polar surface area (TPSA) is 56.1 Å². The average molecular weight is 431 g/mol. The van der Waals surface area contributed by atoms with Crippen LogP contribution in [0.1, 0.15) is 11.1 Å². The molecule has 0 radical (unpaired) electrons. The molecule has 0 aliphatic rings. The summed E-state index contributed by atoms with van der Waals surface area (Å²) in [5.41, 5.74) is -0.217. The number of aromatic nitrogens is 1. The number of nitrogens with zero attached hydrogens (tertiary/aromatic N) is 1. The summed E-state index contributed by atoms with van der Waals surface area (Å²) in [5, 5.41) is 1.43. The van der Waals surface area contributed by atoms with Gasteiger partial charge >= 0.3 is 11.0 Å². The van der Waals surface area contributed by atoms with Gasteiger partial charge in [0.1, 0.15) is 10.7 Å². The van der Waals surface area contributed by atoms with E-state index in [1.54, 1.807) is 0 Å². The highest BCUT2D eigenvalue weighted by Gasteiger charge is 2.32. The van der Waals surface area contributed by atoms with Crippen molar-refractivity contribution in [1.29, 1.82) is 0 Å². The van der Waals surface area contributed by atoms with Crippen LogP contribution in [0.15, 0.2) is 51.5 Å². The molecule has 0 aliphatic carbocycles. The minimum Gasteiger partial charge on any atom is -0.267 e. The Labute approximate surface area is 161 Å². The zero-order chi connectivity index (χ0) is 20.9. The summed E-state index contributed by atoms with van der Waals surface area (Å²) in [5.74, 6) is -0.978. The van der Waals surface area contributed by atoms with Gasteiger partial charge < -0.3 is 0 Å². The van der Waals surface area contributed by atoms with Crippen LogP contribution in [0.4, 0.5) is 17.6 Å². The molecular weight excluding hydrogens is 418 g/mol. The van der Waals surface area contributed by atoms with Crippen molar-refractivity contribution in [3.63, 3.8) is 0 Å². The summed E-state index contributed by atoms with van der Waals surface area (Å²) >= 11 is 0.796. The Bertz CT molecular complexity index is 1220. The Balaban J connectivity index is 2.16. The molecule has 3 rings (SSSR count). The minimum absolute atomic E-state index is 0.0624. The molecule has 0 N–H and O–H groups in total. The Kier molecular flexibility index (Phi) is 4.96. The Morgan fingerprint density at radius 2 is 1.75 bits per heavy atom. The summed E-state index contributed by atoms with van der Waals surface area (Å²) in [6.07, 6.45) is -3.65. The van der Waals surface area contributed by atoms with E-state index in [0.29, 0.717) is 0 Å². The fourth-order valence-electron chi connectivity index (χ4n) is 2.82. The first-order valence-corrected chi connectivity index (χ1v) is 10.6. The van der Waals surface area contributed by atoms with Crippen molar-refractivity contribution in [3.05, 3.63) is 68.4 Å². The molecule has 10 heteroatoms. The smallest absolute Gasteiger partial charge is 0.267 e. The van der Waals surface area contributed by atoms with Gasteiger partial charge in [0.15, 0.2) is 9.84 Å². The van der Waals surface area contributed by atoms with Crippen LogP contribution in [0, 0.1) is 12.7 Å². The van der Waals surface area contributed by atoms with Crippen molar-refractivity contribution < 1.29 is 26.0 Å². The van der Waals surface area contributed by atoms with Crippen molar-refractivity contribution in [1.82, 2.24) is 4.57 Å². The highest BCUT2D eigenvalue weighted by molar-refractivity contribution is 7.90. The monoisotopic (exact) mass is 431 g/mol. The Morgan fingerprint density at radius 3 is 2.29 bits per heavy atom. The summed E-state index contributed by atoms with van der Waals surface area (Å²) in [6.45, 7) is 1.28. The molecule has 1 aromatic heterocycles. The molecule has 2 aromatic carbocycles. The van der Waals surface area contributed by atoms with Gasteiger partial charge in [0.25, 0.3) is 0 Å². The predicted octanol–water partition coefficient (Wildman–Crippen LogP) is 4.44. The Hall–Kier alpha value is -2.46. The zero-order valence-corrected chi connectivity index (χ0v) is 16.2. The SMILES string of the molecule is Cc1cc(-n2c(-c3ccc(S(C)(=O)=O)c(F)c3)csc2=O)ccc1C(F)(F)F. The van der Waals surface area contributed by atoms with E-state index in [1.165, 1.54) is 24.4 Å². The fraction of sp³-hybridized carbons (Fsp3) is 0.167. The largest absolute Gasteiger partial charge is 0.416 e. The van der Waals surface area contributed by atoms with Crippen molar-refractivity contribution in [2.75, 3.05) is 6.26 Å². The number of hydrogen-bond acceptors (Lipinski definition) is 4. The lowest BCUT2D eigenvalue weighted by Gasteiger charge is -2.13. The fourth-order valence-corrected chi connectivity index (χ4v) is 4.31. The van der Waals surface area contributed by atoms with Gasteiger partial charge in [-0.2, -0.15) is 13.2 Å². The number of thiazole rings is 1. The van der Waals surface area contributed by atoms with E-state index in [-0.39, 0.29) is 22.5 Å². The quantitative estimate of drug-likeness (QED) is 0.577. The lowest BCUT2D eigenvalue weighted by molar-refractivity contribution is -0.138. The van der Waals surface area contributed by atoms with Crippen molar-refractivity contribution in [2.24, 2.45) is 0 Å². The van der Waals surface area contributed by atoms with Gasteiger partial charge in [-0.1, -0.05) is 17.4 Å². The van der Waals surface area contributed by atoms with Gasteiger partial charge in [0, 0.05) is 17.2 Å². The molecule has 4 nitrogen and oxygen atoms in total. The molecule has 1 heterocycles. The molecule has 0 saturated carbocycles. The number of hydrogen-bond donors (Lipinski definition) is 0. The van der Waals surface area contributed by atoms with Crippen molar-refractivity contribution in [3.8, 4) is 16.9 Å². The summed E-state index contributed by atoms with van der Waals surface area (Å²) in [7, 11) is -3.76. The molecule has 0 fully saturated rings. The van der Waals surface area contributed by atoms with Crippen LogP contribution in [-0.2, 0) is 16.0 Å². The molecule has 0 atom stereocenters. The van der Waals surface area contributed by atoms with Crippen LogP contribution in [0.2, 0.25) is 0 Å². The van der Waals surface area contributed by atoms with Crippen molar-refractivity contribution >= 4 is 21.2 Å². The normalized spacial score (nSPS) is 12.4. The third-order valence-electron chi connectivity index (χ3n) is 4.10. The molecule has 148 valence electrons. The molecule has 0 bridgehead atoms. The summed E-state index contributed by atoms with van der Waals surface area (Å²) < 4.78 is 77.4. The molecule has 0 saturated heterocycles. The lowest BCUT2D eigenvalue weighted by Crippen LogP contribution is -2.14. The molecule has 0 aliphatic heterocycles. The second-order valence-corrected chi connectivity index (χ2v) is 8.94. The van der Waals surface area contributed by atoms with Crippen molar-refractivity contribution in [2.45, 2.75) is 18.0 Å². The van der Waals surface area contributed by atoms with Crippen LogP contribution in [0.25, 0.3) is 16.9 Å². The number of halogens is 4. The first-order chi connectivity index (χ1) is 12.9. The van der Waals surface area contributed by atoms with Gasteiger partial charge in [-0.25, -0.2) is 12.8 Å². The maximum atomic E-state index is 14.2.